The predicted molar refractivity (Wildman–Crippen MR) is 62.8 cm³/mol. The third kappa shape index (κ3) is 3.05. The summed E-state index contributed by atoms with van der Waals surface area (Å²) in [5.41, 5.74) is 0.470. The first kappa shape index (κ1) is 13.8. The minimum atomic E-state index is -4.17. The second-order valence-corrected chi connectivity index (χ2v) is 4.63. The van der Waals surface area contributed by atoms with E-state index in [9.17, 15) is 22.4 Å². The van der Waals surface area contributed by atoms with E-state index in [4.69, 9.17) is 0 Å². The number of alkyl halides is 3. The predicted octanol–water partition coefficient (Wildman–Crippen LogP) is 3.42. The molecule has 2 nitrogen and oxygen atoms in total. The molecule has 0 aromatic heterocycles. The standard InChI is InChI=1S/C13H13F4NO/c14-11-7-9(8-19)1-2-12(11)18-5-3-10(4-6-18)13(15,16)17/h1-2,7-8,10H,3-6H2. The maximum absolute atomic E-state index is 13.7. The van der Waals surface area contributed by atoms with Crippen LogP contribution in [0.1, 0.15) is 23.2 Å². The van der Waals surface area contributed by atoms with Gasteiger partial charge in [-0.25, -0.2) is 4.39 Å². The van der Waals surface area contributed by atoms with Crippen molar-refractivity contribution in [1.29, 1.82) is 0 Å². The zero-order valence-electron chi connectivity index (χ0n) is 10.1. The third-order valence-electron chi connectivity index (χ3n) is 3.41. The number of benzene rings is 1. The Kier molecular flexibility index (Phi) is 3.78. The van der Waals surface area contributed by atoms with E-state index in [-0.39, 0.29) is 37.2 Å². The van der Waals surface area contributed by atoms with Gasteiger partial charge in [0.1, 0.15) is 12.1 Å². The molecule has 0 amide bonds. The number of nitrogens with zero attached hydrogens (tertiary/aromatic N) is 1. The highest BCUT2D eigenvalue weighted by molar-refractivity contribution is 5.76. The maximum atomic E-state index is 13.7. The van der Waals surface area contributed by atoms with Crippen molar-refractivity contribution >= 4 is 12.0 Å². The topological polar surface area (TPSA) is 20.3 Å². The number of hydrogen-bond donors (Lipinski definition) is 0. The molecule has 0 spiro atoms. The Labute approximate surface area is 108 Å². The molecule has 1 saturated heterocycles. The van der Waals surface area contributed by atoms with Crippen LogP contribution in [0.5, 0.6) is 0 Å². The molecule has 1 aliphatic heterocycles. The van der Waals surface area contributed by atoms with Crippen LogP contribution in [0.25, 0.3) is 0 Å². The first-order valence-corrected chi connectivity index (χ1v) is 5.98. The number of rotatable bonds is 2. The van der Waals surface area contributed by atoms with Crippen molar-refractivity contribution in [2.75, 3.05) is 18.0 Å². The average Bonchev–Trinajstić information content (AvgIpc) is 2.37. The Morgan fingerprint density at radius 1 is 1.21 bits per heavy atom. The number of carbonyl (C=O) groups excluding carboxylic acids is 1. The van der Waals surface area contributed by atoms with Crippen molar-refractivity contribution in [2.24, 2.45) is 5.92 Å². The minimum Gasteiger partial charge on any atom is -0.369 e. The quantitative estimate of drug-likeness (QED) is 0.609. The number of carbonyl (C=O) groups is 1. The molecule has 1 aliphatic rings. The van der Waals surface area contributed by atoms with Gasteiger partial charge in [0.25, 0.3) is 0 Å². The summed E-state index contributed by atoms with van der Waals surface area (Å²) < 4.78 is 51.3. The largest absolute Gasteiger partial charge is 0.391 e. The van der Waals surface area contributed by atoms with Crippen LogP contribution in [0.4, 0.5) is 23.2 Å². The lowest BCUT2D eigenvalue weighted by Gasteiger charge is -2.34. The number of hydrogen-bond acceptors (Lipinski definition) is 2. The van der Waals surface area contributed by atoms with Gasteiger partial charge in [0.05, 0.1) is 11.6 Å². The highest BCUT2D eigenvalue weighted by Gasteiger charge is 2.41. The van der Waals surface area contributed by atoms with E-state index in [1.807, 2.05) is 0 Å². The van der Waals surface area contributed by atoms with Gasteiger partial charge in [-0.15, -0.1) is 0 Å². The Morgan fingerprint density at radius 2 is 1.84 bits per heavy atom. The van der Waals surface area contributed by atoms with E-state index in [1.54, 1.807) is 4.90 Å². The van der Waals surface area contributed by atoms with Crippen molar-refractivity contribution in [3.63, 3.8) is 0 Å². The molecule has 0 N–H and O–H groups in total. The zero-order chi connectivity index (χ0) is 14.0. The van der Waals surface area contributed by atoms with Crippen LogP contribution >= 0.6 is 0 Å². The van der Waals surface area contributed by atoms with Gasteiger partial charge >= 0.3 is 6.18 Å². The molecular weight excluding hydrogens is 262 g/mol. The molecular formula is C13H13F4NO. The molecule has 0 radical (unpaired) electrons. The molecule has 1 fully saturated rings. The van der Waals surface area contributed by atoms with E-state index in [1.165, 1.54) is 12.1 Å². The van der Waals surface area contributed by atoms with Crippen molar-refractivity contribution in [3.05, 3.63) is 29.6 Å². The van der Waals surface area contributed by atoms with Crippen LogP contribution in [0.3, 0.4) is 0 Å². The second-order valence-electron chi connectivity index (χ2n) is 4.63. The SMILES string of the molecule is O=Cc1ccc(N2CCC(C(F)(F)F)CC2)c(F)c1. The van der Waals surface area contributed by atoms with Gasteiger partial charge in [0.15, 0.2) is 0 Å². The van der Waals surface area contributed by atoms with Gasteiger partial charge < -0.3 is 4.90 Å². The van der Waals surface area contributed by atoms with Gasteiger partial charge in [0.2, 0.25) is 0 Å². The smallest absolute Gasteiger partial charge is 0.369 e. The van der Waals surface area contributed by atoms with Crippen LogP contribution in [0.15, 0.2) is 18.2 Å². The normalized spacial score (nSPS) is 17.6. The molecule has 1 aromatic carbocycles. The lowest BCUT2D eigenvalue weighted by atomic mass is 9.96. The molecule has 1 aromatic rings. The van der Waals surface area contributed by atoms with Gasteiger partial charge in [-0.05, 0) is 31.0 Å². The molecule has 104 valence electrons. The number of anilines is 1. The maximum Gasteiger partial charge on any atom is 0.391 e. The van der Waals surface area contributed by atoms with Crippen molar-refractivity contribution in [1.82, 2.24) is 0 Å². The lowest BCUT2D eigenvalue weighted by Crippen LogP contribution is -2.39. The molecule has 0 saturated carbocycles. The number of piperidine rings is 1. The fraction of sp³-hybridized carbons (Fsp3) is 0.462. The van der Waals surface area contributed by atoms with Crippen LogP contribution in [0.2, 0.25) is 0 Å². The first-order chi connectivity index (χ1) is 8.91. The summed E-state index contributed by atoms with van der Waals surface area (Å²) in [6.45, 7) is 0.336. The molecule has 0 unspecified atom stereocenters. The van der Waals surface area contributed by atoms with Crippen molar-refractivity contribution < 1.29 is 22.4 Å². The van der Waals surface area contributed by atoms with E-state index < -0.39 is 17.9 Å². The number of aldehydes is 1. The van der Waals surface area contributed by atoms with Crippen molar-refractivity contribution in [3.8, 4) is 0 Å². The van der Waals surface area contributed by atoms with E-state index in [0.29, 0.717) is 6.29 Å². The van der Waals surface area contributed by atoms with E-state index >= 15 is 0 Å². The summed E-state index contributed by atoms with van der Waals surface area (Å²) in [6, 6.07) is 3.99. The van der Waals surface area contributed by atoms with E-state index in [2.05, 4.69) is 0 Å². The highest BCUT2D eigenvalue weighted by Crippen LogP contribution is 2.35. The Hall–Kier alpha value is -1.59. The molecule has 0 atom stereocenters. The van der Waals surface area contributed by atoms with Crippen LogP contribution < -0.4 is 4.90 Å². The van der Waals surface area contributed by atoms with Gasteiger partial charge in [-0.2, -0.15) is 13.2 Å². The van der Waals surface area contributed by atoms with Gasteiger partial charge in [-0.1, -0.05) is 0 Å². The van der Waals surface area contributed by atoms with E-state index in [0.717, 1.165) is 6.07 Å². The van der Waals surface area contributed by atoms with Crippen LogP contribution in [-0.4, -0.2) is 25.6 Å². The molecule has 1 heterocycles. The summed E-state index contributed by atoms with van der Waals surface area (Å²) >= 11 is 0. The van der Waals surface area contributed by atoms with Crippen molar-refractivity contribution in [2.45, 2.75) is 19.0 Å². The summed E-state index contributed by atoms with van der Waals surface area (Å²) in [6.07, 6.45) is -3.70. The highest BCUT2D eigenvalue weighted by atomic mass is 19.4. The average molecular weight is 275 g/mol. The molecule has 19 heavy (non-hydrogen) atoms. The summed E-state index contributed by atoms with van der Waals surface area (Å²) in [5, 5.41) is 0. The Morgan fingerprint density at radius 3 is 2.32 bits per heavy atom. The molecule has 6 heteroatoms. The fourth-order valence-electron chi connectivity index (χ4n) is 2.30. The van der Waals surface area contributed by atoms with Crippen LogP contribution in [0, 0.1) is 11.7 Å². The molecule has 0 aliphatic carbocycles. The first-order valence-electron chi connectivity index (χ1n) is 5.98. The van der Waals surface area contributed by atoms with Crippen LogP contribution in [-0.2, 0) is 0 Å². The zero-order valence-corrected chi connectivity index (χ0v) is 10.1. The Bertz CT molecular complexity index is 464. The monoisotopic (exact) mass is 275 g/mol. The summed E-state index contributed by atoms with van der Waals surface area (Å²) in [7, 11) is 0. The molecule has 0 bridgehead atoms. The minimum absolute atomic E-state index is 0.0294. The molecule has 2 rings (SSSR count). The fourth-order valence-corrected chi connectivity index (χ4v) is 2.30. The van der Waals surface area contributed by atoms with Gasteiger partial charge in [-0.3, -0.25) is 4.79 Å². The third-order valence-corrected chi connectivity index (χ3v) is 3.41. The second kappa shape index (κ2) is 5.19. The Balaban J connectivity index is 2.08. The lowest BCUT2D eigenvalue weighted by molar-refractivity contribution is -0.179. The summed E-state index contributed by atoms with van der Waals surface area (Å²) in [4.78, 5) is 12.1. The summed E-state index contributed by atoms with van der Waals surface area (Å²) in [5.74, 6) is -1.88. The van der Waals surface area contributed by atoms with Gasteiger partial charge in [0, 0.05) is 18.7 Å². The number of halogens is 4.